The number of carbonyl (C=O) groups excluding carboxylic acids is 5. The minimum Gasteiger partial charge on any atom is -0.455 e. The van der Waals surface area contributed by atoms with Crippen molar-refractivity contribution in [3.8, 4) is 0 Å². The van der Waals surface area contributed by atoms with Crippen molar-refractivity contribution in [2.24, 2.45) is 0 Å². The van der Waals surface area contributed by atoms with Gasteiger partial charge in [0.2, 0.25) is 12.4 Å². The van der Waals surface area contributed by atoms with Crippen LogP contribution in [0.5, 0.6) is 0 Å². The van der Waals surface area contributed by atoms with E-state index in [4.69, 9.17) is 23.7 Å². The molecular formula is C21H25NO10. The van der Waals surface area contributed by atoms with Gasteiger partial charge >= 0.3 is 23.9 Å². The highest BCUT2D eigenvalue weighted by molar-refractivity contribution is 5.97. The van der Waals surface area contributed by atoms with E-state index in [9.17, 15) is 24.0 Å². The lowest BCUT2D eigenvalue weighted by Crippen LogP contribution is -2.65. The first-order chi connectivity index (χ1) is 15.0. The molecule has 1 aliphatic rings. The summed E-state index contributed by atoms with van der Waals surface area (Å²) >= 11 is 0. The first-order valence-corrected chi connectivity index (χ1v) is 9.68. The minimum absolute atomic E-state index is 0.498. The molecule has 0 aliphatic carbocycles. The van der Waals surface area contributed by atoms with Crippen LogP contribution < -0.4 is 4.90 Å². The van der Waals surface area contributed by atoms with Gasteiger partial charge in [-0.2, -0.15) is 0 Å². The molecule has 0 unspecified atom stereocenters. The fourth-order valence-electron chi connectivity index (χ4n) is 3.20. The second kappa shape index (κ2) is 10.7. The van der Waals surface area contributed by atoms with E-state index < -0.39 is 60.5 Å². The highest BCUT2D eigenvalue weighted by Gasteiger charge is 2.56. The largest absolute Gasteiger partial charge is 0.455 e. The van der Waals surface area contributed by atoms with Crippen LogP contribution in [0.15, 0.2) is 30.3 Å². The average molecular weight is 451 g/mol. The Morgan fingerprint density at radius 3 is 1.69 bits per heavy atom. The monoisotopic (exact) mass is 451 g/mol. The van der Waals surface area contributed by atoms with E-state index >= 15 is 0 Å². The molecule has 1 aromatic rings. The maximum atomic E-state index is 13.3. The Kier molecular flexibility index (Phi) is 8.30. The number of anilines is 1. The number of nitrogens with zero attached hydrogens (tertiary/aromatic N) is 1. The molecule has 2 rings (SSSR count). The van der Waals surface area contributed by atoms with Crippen molar-refractivity contribution in [1.82, 2.24) is 0 Å². The number of likely N-dealkylation sites (N-methyl/N-ethyl adjacent to an activating group) is 1. The molecule has 32 heavy (non-hydrogen) atoms. The molecule has 0 aromatic heterocycles. The summed E-state index contributed by atoms with van der Waals surface area (Å²) in [5, 5.41) is 0. The van der Waals surface area contributed by atoms with Gasteiger partial charge in [-0.3, -0.25) is 24.0 Å². The lowest BCUT2D eigenvalue weighted by atomic mass is 9.96. The van der Waals surface area contributed by atoms with Crippen molar-refractivity contribution >= 4 is 35.5 Å². The summed E-state index contributed by atoms with van der Waals surface area (Å²) in [6.07, 6.45) is -7.63. The number of rotatable bonds is 6. The molecule has 0 radical (unpaired) electrons. The molecule has 1 fully saturated rings. The Hall–Kier alpha value is -3.47. The molecule has 0 bridgehead atoms. The third kappa shape index (κ3) is 6.27. The molecule has 1 aromatic carbocycles. The quantitative estimate of drug-likeness (QED) is 0.450. The van der Waals surface area contributed by atoms with E-state index in [1.165, 1.54) is 11.9 Å². The molecule has 0 N–H and O–H groups in total. The van der Waals surface area contributed by atoms with Crippen LogP contribution in [-0.4, -0.2) is 67.5 Å². The summed E-state index contributed by atoms with van der Waals surface area (Å²) in [6.45, 7) is 4.34. The number of para-hydroxylation sites is 1. The molecule has 1 saturated heterocycles. The summed E-state index contributed by atoms with van der Waals surface area (Å²) < 4.78 is 26.5. The van der Waals surface area contributed by atoms with E-state index in [-0.39, 0.29) is 0 Å². The van der Waals surface area contributed by atoms with Gasteiger partial charge in [0.25, 0.3) is 5.91 Å². The minimum atomic E-state index is -1.61. The van der Waals surface area contributed by atoms with Gasteiger partial charge in [0, 0.05) is 40.4 Å². The Bertz CT molecular complexity index is 871. The van der Waals surface area contributed by atoms with Crippen molar-refractivity contribution in [3.05, 3.63) is 30.3 Å². The Balaban J connectivity index is 2.52. The van der Waals surface area contributed by atoms with Crippen LogP contribution in [-0.2, 0) is 47.7 Å². The van der Waals surface area contributed by atoms with E-state index in [2.05, 4.69) is 0 Å². The number of amides is 1. The van der Waals surface area contributed by atoms with Gasteiger partial charge in [-0.15, -0.1) is 0 Å². The zero-order chi connectivity index (χ0) is 24.0. The van der Waals surface area contributed by atoms with Gasteiger partial charge in [0.1, 0.15) is 0 Å². The smallest absolute Gasteiger partial charge is 0.305 e. The first kappa shape index (κ1) is 24.8. The first-order valence-electron chi connectivity index (χ1n) is 9.68. The summed E-state index contributed by atoms with van der Waals surface area (Å²) in [5.74, 6) is -3.90. The third-order valence-electron chi connectivity index (χ3n) is 4.40. The maximum Gasteiger partial charge on any atom is 0.305 e. The summed E-state index contributed by atoms with van der Waals surface area (Å²) in [5.41, 5.74) is 0.498. The van der Waals surface area contributed by atoms with Gasteiger partial charge in [-0.1, -0.05) is 18.2 Å². The average Bonchev–Trinajstić information content (AvgIpc) is 2.70. The van der Waals surface area contributed by atoms with Crippen LogP contribution in [0.1, 0.15) is 27.7 Å². The van der Waals surface area contributed by atoms with Gasteiger partial charge in [-0.25, -0.2) is 0 Å². The number of hydrogen-bond acceptors (Lipinski definition) is 10. The zero-order valence-corrected chi connectivity index (χ0v) is 18.3. The topological polar surface area (TPSA) is 135 Å². The molecule has 1 amide bonds. The van der Waals surface area contributed by atoms with Crippen LogP contribution >= 0.6 is 0 Å². The van der Waals surface area contributed by atoms with E-state index in [0.717, 1.165) is 27.7 Å². The van der Waals surface area contributed by atoms with Crippen molar-refractivity contribution in [2.75, 3.05) is 11.9 Å². The highest BCUT2D eigenvalue weighted by atomic mass is 16.7. The maximum absolute atomic E-state index is 13.3. The molecule has 0 saturated carbocycles. The molecule has 1 aliphatic heterocycles. The SMILES string of the molecule is CC(=O)O[C@@H]1O[C@H](C(=O)N(C)c2ccccc2)[C@@H](OC(C)=O)[C@H](OC(C)=O)[C@H]1OC(C)=O. The van der Waals surface area contributed by atoms with Gasteiger partial charge in [-0.05, 0) is 12.1 Å². The van der Waals surface area contributed by atoms with Crippen molar-refractivity contribution in [2.45, 2.75) is 58.4 Å². The van der Waals surface area contributed by atoms with Crippen LogP contribution in [0.4, 0.5) is 5.69 Å². The molecule has 174 valence electrons. The Morgan fingerprint density at radius 2 is 1.19 bits per heavy atom. The highest BCUT2D eigenvalue weighted by Crippen LogP contribution is 2.31. The number of carbonyl (C=O) groups is 5. The number of esters is 4. The van der Waals surface area contributed by atoms with Crippen LogP contribution in [0.2, 0.25) is 0 Å². The fraction of sp³-hybridized carbons (Fsp3) is 0.476. The van der Waals surface area contributed by atoms with E-state index in [0.29, 0.717) is 5.69 Å². The summed E-state index contributed by atoms with van der Waals surface area (Å²) in [7, 11) is 1.46. The molecule has 5 atom stereocenters. The van der Waals surface area contributed by atoms with Crippen molar-refractivity contribution in [3.63, 3.8) is 0 Å². The third-order valence-corrected chi connectivity index (χ3v) is 4.40. The van der Waals surface area contributed by atoms with Crippen LogP contribution in [0, 0.1) is 0 Å². The standard InChI is InChI=1S/C21H25NO10/c1-11(23)28-16-17(29-12(2)24)19(30-13(3)25)21(31-14(4)26)32-18(16)20(27)22(5)15-9-7-6-8-10-15/h6-10,16-19,21H,1-5H3/t16-,17-,18-,19+,21+/m0/s1. The Labute approximate surface area is 184 Å². The number of benzene rings is 1. The van der Waals surface area contributed by atoms with Gasteiger partial charge in [0.05, 0.1) is 0 Å². The normalized spacial score (nSPS) is 24.6. The van der Waals surface area contributed by atoms with E-state index in [1.54, 1.807) is 30.3 Å². The lowest BCUT2D eigenvalue weighted by molar-refractivity contribution is -0.290. The lowest BCUT2D eigenvalue weighted by Gasteiger charge is -2.43. The zero-order valence-electron chi connectivity index (χ0n) is 18.3. The van der Waals surface area contributed by atoms with Crippen molar-refractivity contribution < 1.29 is 47.7 Å². The van der Waals surface area contributed by atoms with Crippen LogP contribution in [0.25, 0.3) is 0 Å². The number of ether oxygens (including phenoxy) is 5. The summed E-state index contributed by atoms with van der Waals surface area (Å²) in [6, 6.07) is 8.51. The summed E-state index contributed by atoms with van der Waals surface area (Å²) in [4.78, 5) is 61.4. The van der Waals surface area contributed by atoms with Crippen LogP contribution in [0.3, 0.4) is 0 Å². The molecular weight excluding hydrogens is 426 g/mol. The molecule has 0 spiro atoms. The Morgan fingerprint density at radius 1 is 0.719 bits per heavy atom. The molecule has 1 heterocycles. The van der Waals surface area contributed by atoms with Gasteiger partial charge < -0.3 is 28.6 Å². The predicted octanol–water partition coefficient (Wildman–Crippen LogP) is 0.732. The second-order valence-corrected chi connectivity index (χ2v) is 6.99. The van der Waals surface area contributed by atoms with Crippen molar-refractivity contribution in [1.29, 1.82) is 0 Å². The second-order valence-electron chi connectivity index (χ2n) is 6.99. The van der Waals surface area contributed by atoms with Gasteiger partial charge in [0.15, 0.2) is 18.3 Å². The van der Waals surface area contributed by atoms with E-state index in [1.807, 2.05) is 0 Å². The number of hydrogen-bond donors (Lipinski definition) is 0. The predicted molar refractivity (Wildman–Crippen MR) is 107 cm³/mol. The molecule has 11 nitrogen and oxygen atoms in total. The fourth-order valence-corrected chi connectivity index (χ4v) is 3.20. The molecule has 11 heteroatoms.